The van der Waals surface area contributed by atoms with Crippen molar-refractivity contribution in [2.75, 3.05) is 0 Å². The zero-order chi connectivity index (χ0) is 19.0. The molecular formula is C26H27N. The van der Waals surface area contributed by atoms with E-state index in [2.05, 4.69) is 101 Å². The normalized spacial score (nSPS) is 12.2. The van der Waals surface area contributed by atoms with Gasteiger partial charge in [-0.05, 0) is 51.9 Å². The molecule has 0 fully saturated rings. The van der Waals surface area contributed by atoms with Crippen molar-refractivity contribution in [1.29, 1.82) is 0 Å². The summed E-state index contributed by atoms with van der Waals surface area (Å²) in [6.45, 7) is 9.16. The zero-order valence-corrected chi connectivity index (χ0v) is 16.7. The predicted octanol–water partition coefficient (Wildman–Crippen LogP) is 6.91. The van der Waals surface area contributed by atoms with E-state index in [0.717, 1.165) is 11.9 Å². The number of hydrogen-bond acceptors (Lipinski definition) is 1. The molecule has 4 aromatic rings. The highest BCUT2D eigenvalue weighted by Gasteiger charge is 2.26. The summed E-state index contributed by atoms with van der Waals surface area (Å²) in [5.41, 5.74) is 4.98. The van der Waals surface area contributed by atoms with Gasteiger partial charge in [0.1, 0.15) is 0 Å². The van der Waals surface area contributed by atoms with E-state index >= 15 is 0 Å². The predicted molar refractivity (Wildman–Crippen MR) is 116 cm³/mol. The fraction of sp³-hybridized carbons (Fsp3) is 0.269. The van der Waals surface area contributed by atoms with E-state index in [-0.39, 0.29) is 5.41 Å². The van der Waals surface area contributed by atoms with Crippen LogP contribution in [0.15, 0.2) is 72.9 Å². The summed E-state index contributed by atoms with van der Waals surface area (Å²) in [6.07, 6.45) is 3.14. The molecule has 0 aliphatic rings. The summed E-state index contributed by atoms with van der Waals surface area (Å²) in [5, 5.41) is 3.90. The lowest BCUT2D eigenvalue weighted by molar-refractivity contribution is 0.642. The maximum atomic E-state index is 4.82. The fourth-order valence-electron chi connectivity index (χ4n) is 4.10. The molecule has 0 saturated carbocycles. The van der Waals surface area contributed by atoms with Crippen LogP contribution in [0, 0.1) is 5.92 Å². The molecule has 0 unspecified atom stereocenters. The Labute approximate surface area is 162 Å². The van der Waals surface area contributed by atoms with Crippen LogP contribution in [-0.2, 0) is 11.8 Å². The number of aromatic nitrogens is 1. The Morgan fingerprint density at radius 2 is 1.59 bits per heavy atom. The first kappa shape index (κ1) is 17.7. The van der Waals surface area contributed by atoms with Gasteiger partial charge in [-0.2, -0.15) is 0 Å². The Morgan fingerprint density at radius 3 is 2.41 bits per heavy atom. The third-order valence-corrected chi connectivity index (χ3v) is 5.63. The minimum atomic E-state index is -0.118. The van der Waals surface area contributed by atoms with Crippen molar-refractivity contribution in [2.24, 2.45) is 5.92 Å². The van der Waals surface area contributed by atoms with Crippen LogP contribution in [0.2, 0.25) is 0 Å². The van der Waals surface area contributed by atoms with E-state index in [1.807, 2.05) is 0 Å². The van der Waals surface area contributed by atoms with Gasteiger partial charge in [-0.25, -0.2) is 0 Å². The van der Waals surface area contributed by atoms with Crippen molar-refractivity contribution < 1.29 is 0 Å². The lowest BCUT2D eigenvalue weighted by Crippen LogP contribution is -2.19. The topological polar surface area (TPSA) is 12.9 Å². The highest BCUT2D eigenvalue weighted by molar-refractivity contribution is 5.88. The molecule has 0 spiro atoms. The SMILES string of the molecule is CC(C)Cc1cccc2ncc(C(C)(C)c3cccc4ccccc34)cc12. The molecule has 1 heteroatoms. The van der Waals surface area contributed by atoms with Gasteiger partial charge in [0, 0.05) is 17.0 Å². The van der Waals surface area contributed by atoms with Gasteiger partial charge in [-0.1, -0.05) is 82.3 Å². The Bertz CT molecular complexity index is 1100. The number of benzene rings is 3. The minimum Gasteiger partial charge on any atom is -0.256 e. The molecule has 27 heavy (non-hydrogen) atoms. The maximum absolute atomic E-state index is 4.82. The molecule has 136 valence electrons. The van der Waals surface area contributed by atoms with Gasteiger partial charge in [0.15, 0.2) is 0 Å². The molecule has 0 radical (unpaired) electrons. The number of fused-ring (bicyclic) bond motifs is 2. The Kier molecular flexibility index (Phi) is 4.47. The smallest absolute Gasteiger partial charge is 0.0704 e. The van der Waals surface area contributed by atoms with Crippen molar-refractivity contribution in [3.63, 3.8) is 0 Å². The summed E-state index contributed by atoms with van der Waals surface area (Å²) in [7, 11) is 0. The van der Waals surface area contributed by atoms with Gasteiger partial charge in [0.25, 0.3) is 0 Å². The van der Waals surface area contributed by atoms with Crippen molar-refractivity contribution in [3.8, 4) is 0 Å². The van der Waals surface area contributed by atoms with Crippen molar-refractivity contribution in [1.82, 2.24) is 4.98 Å². The summed E-state index contributed by atoms with van der Waals surface area (Å²) in [4.78, 5) is 4.82. The van der Waals surface area contributed by atoms with E-state index in [0.29, 0.717) is 5.92 Å². The van der Waals surface area contributed by atoms with Gasteiger partial charge >= 0.3 is 0 Å². The highest BCUT2D eigenvalue weighted by atomic mass is 14.7. The average molecular weight is 354 g/mol. The molecule has 0 N–H and O–H groups in total. The molecule has 0 saturated heterocycles. The Balaban J connectivity index is 1.89. The summed E-state index contributed by atoms with van der Waals surface area (Å²) in [6, 6.07) is 24.1. The van der Waals surface area contributed by atoms with Crippen LogP contribution in [0.4, 0.5) is 0 Å². The summed E-state index contributed by atoms with van der Waals surface area (Å²) in [5.74, 6) is 0.630. The molecule has 3 aromatic carbocycles. The molecule has 0 bridgehead atoms. The van der Waals surface area contributed by atoms with Crippen LogP contribution < -0.4 is 0 Å². The maximum Gasteiger partial charge on any atom is 0.0704 e. The molecule has 1 heterocycles. The van der Waals surface area contributed by atoms with Crippen molar-refractivity contribution in [3.05, 3.63) is 89.6 Å². The van der Waals surface area contributed by atoms with Gasteiger partial charge < -0.3 is 0 Å². The molecule has 0 aliphatic heterocycles. The number of pyridine rings is 1. The van der Waals surface area contributed by atoms with E-state index < -0.39 is 0 Å². The number of rotatable bonds is 4. The van der Waals surface area contributed by atoms with Crippen LogP contribution in [0.3, 0.4) is 0 Å². The lowest BCUT2D eigenvalue weighted by Gasteiger charge is -2.28. The van der Waals surface area contributed by atoms with Crippen molar-refractivity contribution in [2.45, 2.75) is 39.5 Å². The third kappa shape index (κ3) is 3.23. The Morgan fingerprint density at radius 1 is 0.852 bits per heavy atom. The van der Waals surface area contributed by atoms with Crippen LogP contribution in [0.1, 0.15) is 44.4 Å². The van der Waals surface area contributed by atoms with E-state index in [1.165, 1.54) is 32.8 Å². The van der Waals surface area contributed by atoms with Gasteiger partial charge in [-0.3, -0.25) is 4.98 Å². The molecule has 0 amide bonds. The number of hydrogen-bond donors (Lipinski definition) is 0. The fourth-order valence-corrected chi connectivity index (χ4v) is 4.10. The molecule has 0 aliphatic carbocycles. The lowest BCUT2D eigenvalue weighted by atomic mass is 9.76. The van der Waals surface area contributed by atoms with Crippen LogP contribution in [0.5, 0.6) is 0 Å². The molecular weight excluding hydrogens is 326 g/mol. The van der Waals surface area contributed by atoms with Crippen LogP contribution >= 0.6 is 0 Å². The zero-order valence-electron chi connectivity index (χ0n) is 16.7. The molecule has 4 rings (SSSR count). The standard InChI is InChI=1S/C26H27N/c1-18(2)15-20-11-8-14-25-23(20)16-21(17-27-25)26(3,4)24-13-7-10-19-9-5-6-12-22(19)24/h5-14,16-18H,15H2,1-4H3. The van der Waals surface area contributed by atoms with Crippen molar-refractivity contribution >= 4 is 21.7 Å². The second-order valence-corrected chi connectivity index (χ2v) is 8.46. The quantitative estimate of drug-likeness (QED) is 0.388. The first-order valence-electron chi connectivity index (χ1n) is 9.83. The molecule has 1 nitrogen and oxygen atoms in total. The monoisotopic (exact) mass is 353 g/mol. The van der Waals surface area contributed by atoms with Crippen LogP contribution in [-0.4, -0.2) is 4.98 Å². The first-order valence-corrected chi connectivity index (χ1v) is 9.83. The first-order chi connectivity index (χ1) is 13.0. The van der Waals surface area contributed by atoms with E-state index in [1.54, 1.807) is 0 Å². The van der Waals surface area contributed by atoms with E-state index in [4.69, 9.17) is 4.98 Å². The van der Waals surface area contributed by atoms with Gasteiger partial charge in [0.2, 0.25) is 0 Å². The largest absolute Gasteiger partial charge is 0.256 e. The van der Waals surface area contributed by atoms with Gasteiger partial charge in [0.05, 0.1) is 5.52 Å². The highest BCUT2D eigenvalue weighted by Crippen LogP contribution is 2.37. The summed E-state index contributed by atoms with van der Waals surface area (Å²) < 4.78 is 0. The van der Waals surface area contributed by atoms with Crippen LogP contribution in [0.25, 0.3) is 21.7 Å². The third-order valence-electron chi connectivity index (χ3n) is 5.63. The molecule has 1 aromatic heterocycles. The Hall–Kier alpha value is -2.67. The second-order valence-electron chi connectivity index (χ2n) is 8.46. The summed E-state index contributed by atoms with van der Waals surface area (Å²) >= 11 is 0. The second kappa shape index (κ2) is 6.81. The minimum absolute atomic E-state index is 0.118. The van der Waals surface area contributed by atoms with E-state index in [9.17, 15) is 0 Å². The van der Waals surface area contributed by atoms with Gasteiger partial charge in [-0.15, -0.1) is 0 Å². The number of nitrogens with zero attached hydrogens (tertiary/aromatic N) is 1. The molecule has 0 atom stereocenters. The average Bonchev–Trinajstić information content (AvgIpc) is 2.67.